The molecule has 0 aromatic heterocycles. The van der Waals surface area contributed by atoms with E-state index in [-0.39, 0.29) is 10.8 Å². The molecule has 6 nitrogen and oxygen atoms in total. The molecule has 2 aliphatic carbocycles. The maximum Gasteiger partial charge on any atom is 0.242 e. The summed E-state index contributed by atoms with van der Waals surface area (Å²) in [5, 5.41) is 2.88. The molecule has 1 amide bonds. The van der Waals surface area contributed by atoms with Gasteiger partial charge in [0.1, 0.15) is 0 Å². The summed E-state index contributed by atoms with van der Waals surface area (Å²) in [6.45, 7) is 4.34. The van der Waals surface area contributed by atoms with Crippen LogP contribution in [0, 0.1) is 12.8 Å². The molecule has 2 saturated carbocycles. The molecule has 0 saturated heterocycles. The summed E-state index contributed by atoms with van der Waals surface area (Å²) >= 11 is 0. The van der Waals surface area contributed by atoms with Crippen molar-refractivity contribution in [1.82, 2.24) is 9.21 Å². The van der Waals surface area contributed by atoms with Crippen molar-refractivity contribution in [3.63, 3.8) is 0 Å². The van der Waals surface area contributed by atoms with Gasteiger partial charge in [-0.05, 0) is 63.1 Å². The predicted molar refractivity (Wildman–Crippen MR) is 103 cm³/mol. The Hall–Kier alpha value is -1.44. The van der Waals surface area contributed by atoms with E-state index in [4.69, 9.17) is 0 Å². The van der Waals surface area contributed by atoms with Crippen LogP contribution in [0.15, 0.2) is 23.1 Å². The van der Waals surface area contributed by atoms with E-state index in [2.05, 4.69) is 17.1 Å². The van der Waals surface area contributed by atoms with E-state index in [0.29, 0.717) is 29.9 Å². The van der Waals surface area contributed by atoms with Gasteiger partial charge in [0.05, 0.1) is 11.4 Å². The minimum absolute atomic E-state index is 0.0820. The van der Waals surface area contributed by atoms with Crippen molar-refractivity contribution in [1.29, 1.82) is 0 Å². The summed E-state index contributed by atoms with van der Waals surface area (Å²) in [6, 6.07) is 6.01. The summed E-state index contributed by atoms with van der Waals surface area (Å²) in [4.78, 5) is 15.1. The molecule has 26 heavy (non-hydrogen) atoms. The Balaban J connectivity index is 1.71. The van der Waals surface area contributed by atoms with Crippen molar-refractivity contribution in [2.45, 2.75) is 56.5 Å². The number of anilines is 1. The van der Waals surface area contributed by atoms with Crippen molar-refractivity contribution in [2.24, 2.45) is 5.92 Å². The first-order valence-corrected chi connectivity index (χ1v) is 10.7. The van der Waals surface area contributed by atoms with Gasteiger partial charge in [-0.25, -0.2) is 12.7 Å². The number of amides is 1. The number of aryl methyl sites for hydroxylation is 1. The quantitative estimate of drug-likeness (QED) is 0.753. The molecule has 1 unspecified atom stereocenters. The fraction of sp³-hybridized carbons (Fsp3) is 0.632. The second-order valence-electron chi connectivity index (χ2n) is 7.80. The molecule has 1 aromatic rings. The van der Waals surface area contributed by atoms with Crippen LogP contribution in [0.2, 0.25) is 0 Å². The summed E-state index contributed by atoms with van der Waals surface area (Å²) in [5.74, 6) is 0.640. The molecule has 144 valence electrons. The first-order chi connectivity index (χ1) is 12.2. The lowest BCUT2D eigenvalue weighted by Gasteiger charge is -2.28. The minimum atomic E-state index is -3.54. The van der Waals surface area contributed by atoms with Gasteiger partial charge in [0.2, 0.25) is 15.9 Å². The topological polar surface area (TPSA) is 69.7 Å². The van der Waals surface area contributed by atoms with Crippen LogP contribution >= 0.6 is 0 Å². The predicted octanol–water partition coefficient (Wildman–Crippen LogP) is 2.45. The maximum absolute atomic E-state index is 12.6. The van der Waals surface area contributed by atoms with Crippen LogP contribution in [-0.2, 0) is 14.8 Å². The van der Waals surface area contributed by atoms with Crippen LogP contribution in [0.3, 0.4) is 0 Å². The number of rotatable bonds is 8. The molecule has 7 heteroatoms. The fourth-order valence-electron chi connectivity index (χ4n) is 3.38. The average Bonchev–Trinajstić information content (AvgIpc) is 3.46. The summed E-state index contributed by atoms with van der Waals surface area (Å²) < 4.78 is 26.1. The van der Waals surface area contributed by atoms with Crippen LogP contribution in [0.4, 0.5) is 5.69 Å². The molecule has 0 bridgehead atoms. The van der Waals surface area contributed by atoms with E-state index in [0.717, 1.165) is 5.92 Å². The van der Waals surface area contributed by atoms with E-state index in [1.807, 2.05) is 0 Å². The van der Waals surface area contributed by atoms with E-state index >= 15 is 0 Å². The number of hydrogen-bond acceptors (Lipinski definition) is 4. The molecule has 1 N–H and O–H groups in total. The van der Waals surface area contributed by atoms with Crippen LogP contribution < -0.4 is 5.32 Å². The number of carbonyl (C=O) groups excluding carboxylic acids is 1. The highest BCUT2D eigenvalue weighted by molar-refractivity contribution is 7.89. The van der Waals surface area contributed by atoms with Crippen LogP contribution in [-0.4, -0.2) is 56.3 Å². The van der Waals surface area contributed by atoms with Crippen molar-refractivity contribution in [3.8, 4) is 0 Å². The van der Waals surface area contributed by atoms with Crippen LogP contribution in [0.25, 0.3) is 0 Å². The number of carbonyl (C=O) groups is 1. The van der Waals surface area contributed by atoms with Gasteiger partial charge in [-0.1, -0.05) is 6.07 Å². The van der Waals surface area contributed by atoms with Gasteiger partial charge in [0.15, 0.2) is 0 Å². The van der Waals surface area contributed by atoms with Crippen molar-refractivity contribution in [2.75, 3.05) is 26.0 Å². The Morgan fingerprint density at radius 2 is 1.88 bits per heavy atom. The van der Waals surface area contributed by atoms with Crippen molar-refractivity contribution in [3.05, 3.63) is 23.8 Å². The molecule has 3 rings (SSSR count). The van der Waals surface area contributed by atoms with E-state index in [9.17, 15) is 13.2 Å². The normalized spacial score (nSPS) is 19.0. The first kappa shape index (κ1) is 19.3. The van der Waals surface area contributed by atoms with Gasteiger partial charge in [0, 0.05) is 31.9 Å². The standard InChI is InChI=1S/C19H29N3O3S/c1-13-5-8-16(11-18(13)26(24,25)21(3)4)20-19(23)12-22(17-9-10-17)14(2)15-6-7-15/h5,8,11,14-15,17H,6-7,9-10,12H2,1-4H3,(H,20,23). The highest BCUT2D eigenvalue weighted by Gasteiger charge is 2.39. The Morgan fingerprint density at radius 3 is 2.42 bits per heavy atom. The number of sulfonamides is 1. The molecule has 1 aromatic carbocycles. The third-order valence-corrected chi connectivity index (χ3v) is 7.36. The second-order valence-corrected chi connectivity index (χ2v) is 9.92. The minimum Gasteiger partial charge on any atom is -0.325 e. The van der Waals surface area contributed by atoms with Crippen molar-refractivity contribution >= 4 is 21.6 Å². The zero-order chi connectivity index (χ0) is 19.1. The number of benzene rings is 1. The van der Waals surface area contributed by atoms with Gasteiger partial charge >= 0.3 is 0 Å². The number of nitrogens with zero attached hydrogens (tertiary/aromatic N) is 2. The van der Waals surface area contributed by atoms with E-state index in [1.54, 1.807) is 25.1 Å². The lowest BCUT2D eigenvalue weighted by molar-refractivity contribution is -0.118. The molecule has 0 aliphatic heterocycles. The lowest BCUT2D eigenvalue weighted by atomic mass is 10.1. The molecule has 0 spiro atoms. The zero-order valence-electron chi connectivity index (χ0n) is 16.0. The fourth-order valence-corrected chi connectivity index (χ4v) is 4.52. The summed E-state index contributed by atoms with van der Waals surface area (Å²) in [6.07, 6.45) is 4.85. The highest BCUT2D eigenvalue weighted by Crippen LogP contribution is 2.39. The van der Waals surface area contributed by atoms with Gasteiger partial charge in [-0.2, -0.15) is 0 Å². The molecule has 0 heterocycles. The Morgan fingerprint density at radius 1 is 1.23 bits per heavy atom. The molecule has 1 atom stereocenters. The first-order valence-electron chi connectivity index (χ1n) is 9.29. The molecular weight excluding hydrogens is 350 g/mol. The molecule has 2 aliphatic rings. The smallest absolute Gasteiger partial charge is 0.242 e. The Labute approximate surface area is 156 Å². The Kier molecular flexibility index (Phi) is 5.42. The van der Waals surface area contributed by atoms with Gasteiger partial charge in [0.25, 0.3) is 0 Å². The van der Waals surface area contributed by atoms with E-state index < -0.39 is 10.0 Å². The lowest BCUT2D eigenvalue weighted by Crippen LogP contribution is -2.42. The number of hydrogen-bond donors (Lipinski definition) is 1. The zero-order valence-corrected chi connectivity index (χ0v) is 16.8. The van der Waals surface area contributed by atoms with Gasteiger partial charge < -0.3 is 5.32 Å². The SMILES string of the molecule is Cc1ccc(NC(=O)CN(C2CC2)C(C)C2CC2)cc1S(=O)(=O)N(C)C. The second kappa shape index (κ2) is 7.29. The summed E-state index contributed by atoms with van der Waals surface area (Å²) in [7, 11) is -0.524. The average molecular weight is 380 g/mol. The molecule has 0 radical (unpaired) electrons. The van der Waals surface area contributed by atoms with Gasteiger partial charge in [-0.15, -0.1) is 0 Å². The largest absolute Gasteiger partial charge is 0.325 e. The highest BCUT2D eigenvalue weighted by atomic mass is 32.2. The Bertz CT molecular complexity index is 783. The van der Waals surface area contributed by atoms with Crippen LogP contribution in [0.5, 0.6) is 0 Å². The number of nitrogens with one attached hydrogen (secondary N) is 1. The third-order valence-electron chi connectivity index (χ3n) is 5.40. The third kappa shape index (κ3) is 4.27. The maximum atomic E-state index is 12.6. The molecular formula is C19H29N3O3S. The monoisotopic (exact) mass is 379 g/mol. The van der Waals surface area contributed by atoms with Crippen LogP contribution in [0.1, 0.15) is 38.2 Å². The van der Waals surface area contributed by atoms with Gasteiger partial charge in [-0.3, -0.25) is 9.69 Å². The molecule has 2 fully saturated rings. The summed E-state index contributed by atoms with van der Waals surface area (Å²) in [5.41, 5.74) is 1.19. The van der Waals surface area contributed by atoms with Crippen molar-refractivity contribution < 1.29 is 13.2 Å². The van der Waals surface area contributed by atoms with E-state index in [1.165, 1.54) is 44.1 Å².